The maximum atomic E-state index is 6.00. The van der Waals surface area contributed by atoms with Gasteiger partial charge in [-0.1, -0.05) is 17.7 Å². The molecule has 2 atom stereocenters. The van der Waals surface area contributed by atoms with Gasteiger partial charge in [0.2, 0.25) is 0 Å². The topological polar surface area (TPSA) is 21.3 Å². The van der Waals surface area contributed by atoms with Crippen LogP contribution in [0.25, 0.3) is 0 Å². The van der Waals surface area contributed by atoms with Gasteiger partial charge in [-0.25, -0.2) is 0 Å². The second-order valence-corrected chi connectivity index (χ2v) is 4.67. The van der Waals surface area contributed by atoms with E-state index >= 15 is 0 Å². The number of benzene rings is 1. The number of nitrogens with one attached hydrogen (secondary N) is 1. The van der Waals surface area contributed by atoms with Crippen LogP contribution in [0.2, 0.25) is 5.02 Å². The first-order chi connectivity index (χ1) is 7.34. The maximum Gasteiger partial charge on any atom is 0.0981 e. The molecule has 1 aliphatic carbocycles. The molecule has 1 aliphatic heterocycles. The lowest BCUT2D eigenvalue weighted by Crippen LogP contribution is -2.45. The van der Waals surface area contributed by atoms with Crippen LogP contribution in [-0.4, -0.2) is 19.2 Å². The van der Waals surface area contributed by atoms with Crippen LogP contribution in [0.15, 0.2) is 18.2 Å². The van der Waals surface area contributed by atoms with E-state index < -0.39 is 0 Å². The van der Waals surface area contributed by atoms with E-state index in [-0.39, 0.29) is 6.10 Å². The van der Waals surface area contributed by atoms with Crippen LogP contribution >= 0.6 is 11.6 Å². The van der Waals surface area contributed by atoms with Gasteiger partial charge >= 0.3 is 0 Å². The molecule has 80 valence electrons. The molecule has 1 fully saturated rings. The van der Waals surface area contributed by atoms with Crippen LogP contribution in [0, 0.1) is 0 Å². The van der Waals surface area contributed by atoms with Crippen molar-refractivity contribution in [2.24, 2.45) is 0 Å². The van der Waals surface area contributed by atoms with E-state index in [0.29, 0.717) is 6.04 Å². The summed E-state index contributed by atoms with van der Waals surface area (Å²) in [6.45, 7) is 1.79. The van der Waals surface area contributed by atoms with Gasteiger partial charge in [-0.05, 0) is 36.1 Å². The van der Waals surface area contributed by atoms with Gasteiger partial charge in [0.1, 0.15) is 0 Å². The van der Waals surface area contributed by atoms with E-state index in [0.717, 1.165) is 31.0 Å². The average Bonchev–Trinajstić information content (AvgIpc) is 2.28. The summed E-state index contributed by atoms with van der Waals surface area (Å²) in [6, 6.07) is 6.64. The Morgan fingerprint density at radius 3 is 3.27 bits per heavy atom. The number of halogens is 1. The van der Waals surface area contributed by atoms with E-state index in [2.05, 4.69) is 17.4 Å². The molecule has 1 N–H and O–H groups in total. The fraction of sp³-hybridized carbons (Fsp3) is 0.500. The summed E-state index contributed by atoms with van der Waals surface area (Å²) in [7, 11) is 0. The highest BCUT2D eigenvalue weighted by Gasteiger charge is 2.32. The van der Waals surface area contributed by atoms with Crippen LogP contribution < -0.4 is 5.32 Å². The molecule has 2 unspecified atom stereocenters. The van der Waals surface area contributed by atoms with Gasteiger partial charge in [0.15, 0.2) is 0 Å². The third-order valence-electron chi connectivity index (χ3n) is 3.31. The monoisotopic (exact) mass is 223 g/mol. The number of aryl methyl sites for hydroxylation is 1. The van der Waals surface area contributed by atoms with Crippen LogP contribution in [-0.2, 0) is 11.2 Å². The summed E-state index contributed by atoms with van der Waals surface area (Å²) in [5.74, 6) is 0. The van der Waals surface area contributed by atoms with Crippen molar-refractivity contribution in [1.82, 2.24) is 5.32 Å². The van der Waals surface area contributed by atoms with Crippen molar-refractivity contribution < 1.29 is 4.74 Å². The number of hydrogen-bond donors (Lipinski definition) is 1. The molecule has 0 aromatic heterocycles. The number of rotatable bonds is 0. The molecule has 1 saturated heterocycles. The Morgan fingerprint density at radius 1 is 1.40 bits per heavy atom. The van der Waals surface area contributed by atoms with Gasteiger partial charge in [-0.3, -0.25) is 0 Å². The fourth-order valence-corrected chi connectivity index (χ4v) is 2.79. The van der Waals surface area contributed by atoms with Crippen molar-refractivity contribution in [1.29, 1.82) is 0 Å². The van der Waals surface area contributed by atoms with Crippen LogP contribution in [0.4, 0.5) is 0 Å². The zero-order valence-electron chi connectivity index (χ0n) is 8.50. The van der Waals surface area contributed by atoms with Gasteiger partial charge in [0.25, 0.3) is 0 Å². The van der Waals surface area contributed by atoms with E-state index in [4.69, 9.17) is 16.3 Å². The lowest BCUT2D eigenvalue weighted by atomic mass is 9.85. The minimum Gasteiger partial charge on any atom is -0.371 e. The summed E-state index contributed by atoms with van der Waals surface area (Å²) in [5, 5.41) is 4.35. The standard InChI is InChI=1S/C12H14ClNO/c13-9-2-3-10-8(7-9)1-4-11-12(10)15-6-5-14-11/h2-3,7,11-12,14H,1,4-6H2. The molecule has 3 rings (SSSR count). The zero-order valence-corrected chi connectivity index (χ0v) is 9.26. The Balaban J connectivity index is 1.99. The quantitative estimate of drug-likeness (QED) is 0.729. The van der Waals surface area contributed by atoms with Crippen molar-refractivity contribution in [2.75, 3.05) is 13.2 Å². The lowest BCUT2D eigenvalue weighted by molar-refractivity contribution is -0.0127. The normalized spacial score (nSPS) is 29.4. The smallest absolute Gasteiger partial charge is 0.0981 e. The van der Waals surface area contributed by atoms with Crippen LogP contribution in [0.3, 0.4) is 0 Å². The van der Waals surface area contributed by atoms with Crippen LogP contribution in [0.1, 0.15) is 23.7 Å². The Kier molecular flexibility index (Phi) is 2.43. The van der Waals surface area contributed by atoms with E-state index in [1.807, 2.05) is 6.07 Å². The van der Waals surface area contributed by atoms with Gasteiger partial charge in [0.05, 0.1) is 12.7 Å². The Morgan fingerprint density at radius 2 is 2.33 bits per heavy atom. The molecule has 0 radical (unpaired) electrons. The second kappa shape index (κ2) is 3.78. The molecule has 1 heterocycles. The SMILES string of the molecule is Clc1ccc2c(c1)CCC1NCCOC21. The third kappa shape index (κ3) is 1.67. The van der Waals surface area contributed by atoms with Crippen molar-refractivity contribution in [3.05, 3.63) is 34.3 Å². The van der Waals surface area contributed by atoms with Crippen molar-refractivity contribution in [3.8, 4) is 0 Å². The van der Waals surface area contributed by atoms with E-state index in [1.54, 1.807) is 0 Å². The minimum absolute atomic E-state index is 0.236. The zero-order chi connectivity index (χ0) is 10.3. The molecule has 1 aromatic carbocycles. The largest absolute Gasteiger partial charge is 0.371 e. The first kappa shape index (κ1) is 9.64. The molecule has 0 bridgehead atoms. The van der Waals surface area contributed by atoms with E-state index in [9.17, 15) is 0 Å². The predicted octanol–water partition coefficient (Wildman–Crippen LogP) is 2.32. The minimum atomic E-state index is 0.236. The maximum absolute atomic E-state index is 6.00. The first-order valence-electron chi connectivity index (χ1n) is 5.48. The van der Waals surface area contributed by atoms with Gasteiger partial charge < -0.3 is 10.1 Å². The van der Waals surface area contributed by atoms with Crippen molar-refractivity contribution >= 4 is 11.6 Å². The molecule has 2 nitrogen and oxygen atoms in total. The summed E-state index contributed by atoms with van der Waals surface area (Å²) >= 11 is 6.00. The number of morpholine rings is 1. The molecular formula is C12H14ClNO. The number of ether oxygens (including phenoxy) is 1. The average molecular weight is 224 g/mol. The molecular weight excluding hydrogens is 210 g/mol. The van der Waals surface area contributed by atoms with Crippen molar-refractivity contribution in [2.45, 2.75) is 25.0 Å². The summed E-state index contributed by atoms with van der Waals surface area (Å²) in [6.07, 6.45) is 2.49. The van der Waals surface area contributed by atoms with Gasteiger partial charge in [-0.2, -0.15) is 0 Å². The van der Waals surface area contributed by atoms with E-state index in [1.165, 1.54) is 11.1 Å². The van der Waals surface area contributed by atoms with Crippen LogP contribution in [0.5, 0.6) is 0 Å². The first-order valence-corrected chi connectivity index (χ1v) is 5.86. The Bertz CT molecular complexity index is 380. The summed E-state index contributed by atoms with van der Waals surface area (Å²) in [5.41, 5.74) is 2.68. The molecule has 0 spiro atoms. The molecule has 1 aromatic rings. The summed E-state index contributed by atoms with van der Waals surface area (Å²) in [4.78, 5) is 0. The van der Waals surface area contributed by atoms with Gasteiger partial charge in [0, 0.05) is 17.6 Å². The predicted molar refractivity (Wildman–Crippen MR) is 60.3 cm³/mol. The van der Waals surface area contributed by atoms with Gasteiger partial charge in [-0.15, -0.1) is 0 Å². The molecule has 3 heteroatoms. The van der Waals surface area contributed by atoms with Crippen molar-refractivity contribution in [3.63, 3.8) is 0 Å². The molecule has 15 heavy (non-hydrogen) atoms. The Labute approximate surface area is 94.6 Å². The second-order valence-electron chi connectivity index (χ2n) is 4.23. The molecule has 2 aliphatic rings. The molecule has 0 saturated carbocycles. The lowest BCUT2D eigenvalue weighted by Gasteiger charge is -2.37. The number of hydrogen-bond acceptors (Lipinski definition) is 2. The highest BCUT2D eigenvalue weighted by Crippen LogP contribution is 2.35. The Hall–Kier alpha value is -0.570. The highest BCUT2D eigenvalue weighted by atomic mass is 35.5. The highest BCUT2D eigenvalue weighted by molar-refractivity contribution is 6.30. The third-order valence-corrected chi connectivity index (χ3v) is 3.54. The fourth-order valence-electron chi connectivity index (χ4n) is 2.59. The molecule has 0 amide bonds. The number of fused-ring (bicyclic) bond motifs is 3. The summed E-state index contributed by atoms with van der Waals surface area (Å²) < 4.78 is 5.84.